The van der Waals surface area contributed by atoms with Gasteiger partial charge in [-0.3, -0.25) is 0 Å². The van der Waals surface area contributed by atoms with Crippen LogP contribution in [0.4, 0.5) is 4.39 Å². The number of sulfonamides is 1. The Kier molecular flexibility index (Phi) is 4.71. The zero-order valence-corrected chi connectivity index (χ0v) is 11.7. The van der Waals surface area contributed by atoms with Gasteiger partial charge in [0.25, 0.3) is 0 Å². The molecule has 102 valence electrons. The Labute approximate surface area is 109 Å². The maximum Gasteiger partial charge on any atom is 0.240 e. The van der Waals surface area contributed by atoms with Crippen molar-refractivity contribution in [1.29, 1.82) is 0 Å². The molecule has 0 aromatic heterocycles. The lowest BCUT2D eigenvalue weighted by Crippen LogP contribution is -2.28. The Morgan fingerprint density at radius 2 is 1.89 bits per heavy atom. The third-order valence-electron chi connectivity index (χ3n) is 2.06. The summed E-state index contributed by atoms with van der Waals surface area (Å²) in [6, 6.07) is 3.20. The fraction of sp³-hybridized carbons (Fsp3) is 0.333. The molecule has 0 amide bonds. The molecule has 1 rings (SSSR count). The molecule has 1 aromatic carbocycles. The first-order valence-corrected chi connectivity index (χ1v) is 8.76. The molecule has 0 heterocycles. The molecule has 9 heteroatoms. The van der Waals surface area contributed by atoms with E-state index in [4.69, 9.17) is 10.7 Å². The molecule has 0 aliphatic rings. The number of aryl methyl sites for hydroxylation is 1. The second-order valence-corrected chi connectivity index (χ2v) is 8.18. The minimum atomic E-state index is -3.87. The van der Waals surface area contributed by atoms with Crippen molar-refractivity contribution in [2.24, 2.45) is 0 Å². The van der Waals surface area contributed by atoms with Gasteiger partial charge in [0.2, 0.25) is 19.1 Å². The average Bonchev–Trinajstić information content (AvgIpc) is 2.13. The fourth-order valence-electron chi connectivity index (χ4n) is 1.29. The zero-order valence-electron chi connectivity index (χ0n) is 9.35. The number of hydrogen-bond acceptors (Lipinski definition) is 4. The number of rotatable bonds is 5. The highest BCUT2D eigenvalue weighted by molar-refractivity contribution is 8.13. The topological polar surface area (TPSA) is 80.3 Å². The average molecular weight is 316 g/mol. The molecule has 0 atom stereocenters. The van der Waals surface area contributed by atoms with Gasteiger partial charge in [0, 0.05) is 17.2 Å². The Morgan fingerprint density at radius 1 is 1.28 bits per heavy atom. The van der Waals surface area contributed by atoms with E-state index in [1.54, 1.807) is 0 Å². The quantitative estimate of drug-likeness (QED) is 0.821. The van der Waals surface area contributed by atoms with Gasteiger partial charge >= 0.3 is 0 Å². The van der Waals surface area contributed by atoms with Gasteiger partial charge < -0.3 is 0 Å². The standard InChI is InChI=1S/C9H11ClFNO4S2/c1-7-6-8(11)2-3-9(7)18(15,16)12-4-5-17(10,13)14/h2-3,6,12H,4-5H2,1H3. The largest absolute Gasteiger partial charge is 0.240 e. The molecule has 0 radical (unpaired) electrons. The zero-order chi connectivity index (χ0) is 14.0. The van der Waals surface area contributed by atoms with Crippen molar-refractivity contribution in [2.75, 3.05) is 12.3 Å². The number of benzene rings is 1. The monoisotopic (exact) mass is 315 g/mol. The van der Waals surface area contributed by atoms with E-state index in [1.165, 1.54) is 6.92 Å². The summed E-state index contributed by atoms with van der Waals surface area (Å²) in [4.78, 5) is -0.101. The van der Waals surface area contributed by atoms with E-state index in [2.05, 4.69) is 4.72 Å². The molecular weight excluding hydrogens is 305 g/mol. The Bertz CT molecular complexity index is 643. The van der Waals surface area contributed by atoms with Crippen LogP contribution in [-0.4, -0.2) is 29.1 Å². The van der Waals surface area contributed by atoms with E-state index in [-0.39, 0.29) is 17.0 Å². The number of halogens is 2. The predicted molar refractivity (Wildman–Crippen MR) is 66.0 cm³/mol. The highest BCUT2D eigenvalue weighted by Gasteiger charge is 2.17. The van der Waals surface area contributed by atoms with Crippen molar-refractivity contribution in [3.05, 3.63) is 29.6 Å². The van der Waals surface area contributed by atoms with Gasteiger partial charge in [0.05, 0.1) is 10.6 Å². The highest BCUT2D eigenvalue weighted by atomic mass is 35.7. The maximum absolute atomic E-state index is 12.8. The smallest absolute Gasteiger partial charge is 0.212 e. The van der Waals surface area contributed by atoms with Crippen LogP contribution >= 0.6 is 10.7 Å². The minimum absolute atomic E-state index is 0.101. The molecule has 1 aromatic rings. The van der Waals surface area contributed by atoms with E-state index < -0.39 is 30.6 Å². The minimum Gasteiger partial charge on any atom is -0.212 e. The molecule has 5 nitrogen and oxygen atoms in total. The van der Waals surface area contributed by atoms with E-state index in [0.717, 1.165) is 18.2 Å². The van der Waals surface area contributed by atoms with Crippen LogP contribution in [-0.2, 0) is 19.1 Å². The summed E-state index contributed by atoms with van der Waals surface area (Å²) in [5, 5.41) is 0. The van der Waals surface area contributed by atoms with Crippen molar-refractivity contribution < 1.29 is 21.2 Å². The Balaban J connectivity index is 2.87. The molecule has 0 unspecified atom stereocenters. The summed E-state index contributed by atoms with van der Waals surface area (Å²) in [7, 11) is -2.68. The second kappa shape index (κ2) is 5.52. The number of hydrogen-bond donors (Lipinski definition) is 1. The molecule has 0 bridgehead atoms. The lowest BCUT2D eigenvalue weighted by molar-refractivity contribution is 0.581. The van der Waals surface area contributed by atoms with Crippen LogP contribution in [0.5, 0.6) is 0 Å². The van der Waals surface area contributed by atoms with E-state index in [9.17, 15) is 21.2 Å². The van der Waals surface area contributed by atoms with E-state index in [0.29, 0.717) is 0 Å². The lowest BCUT2D eigenvalue weighted by atomic mass is 10.2. The highest BCUT2D eigenvalue weighted by Crippen LogP contribution is 2.15. The summed E-state index contributed by atoms with van der Waals surface area (Å²) < 4.78 is 59.8. The molecule has 0 fully saturated rings. The van der Waals surface area contributed by atoms with Crippen LogP contribution in [0.1, 0.15) is 5.56 Å². The van der Waals surface area contributed by atoms with Crippen LogP contribution < -0.4 is 4.72 Å². The van der Waals surface area contributed by atoms with Gasteiger partial charge in [-0.25, -0.2) is 25.9 Å². The van der Waals surface area contributed by atoms with Gasteiger partial charge in [-0.05, 0) is 30.7 Å². The van der Waals surface area contributed by atoms with Gasteiger partial charge in [-0.15, -0.1) is 0 Å². The van der Waals surface area contributed by atoms with Crippen molar-refractivity contribution in [3.8, 4) is 0 Å². The molecule has 18 heavy (non-hydrogen) atoms. The molecule has 0 aliphatic heterocycles. The first kappa shape index (κ1) is 15.4. The summed E-state index contributed by atoms with van der Waals surface area (Å²) >= 11 is 0. The van der Waals surface area contributed by atoms with Crippen LogP contribution in [0.3, 0.4) is 0 Å². The van der Waals surface area contributed by atoms with Crippen LogP contribution in [0.2, 0.25) is 0 Å². The molecular formula is C9H11ClFNO4S2. The maximum atomic E-state index is 12.8. The SMILES string of the molecule is Cc1cc(F)ccc1S(=O)(=O)NCCS(=O)(=O)Cl. The normalized spacial score (nSPS) is 12.6. The first-order chi connectivity index (χ1) is 8.12. The summed E-state index contributed by atoms with van der Waals surface area (Å²) in [5.41, 5.74) is 0.233. The summed E-state index contributed by atoms with van der Waals surface area (Å²) in [6.45, 7) is 1.10. The summed E-state index contributed by atoms with van der Waals surface area (Å²) in [6.07, 6.45) is 0. The Hall–Kier alpha value is -0.700. The van der Waals surface area contributed by atoms with Gasteiger partial charge in [0.15, 0.2) is 0 Å². The predicted octanol–water partition coefficient (Wildman–Crippen LogP) is 0.981. The Morgan fingerprint density at radius 3 is 2.39 bits per heavy atom. The molecule has 0 aliphatic carbocycles. The van der Waals surface area contributed by atoms with Crippen molar-refractivity contribution >= 4 is 29.8 Å². The van der Waals surface area contributed by atoms with Crippen LogP contribution in [0, 0.1) is 12.7 Å². The first-order valence-electron chi connectivity index (χ1n) is 4.80. The lowest BCUT2D eigenvalue weighted by Gasteiger charge is -2.08. The van der Waals surface area contributed by atoms with Gasteiger partial charge in [-0.1, -0.05) is 0 Å². The third kappa shape index (κ3) is 4.52. The fourth-order valence-corrected chi connectivity index (χ4v) is 3.25. The molecule has 0 saturated heterocycles. The van der Waals surface area contributed by atoms with Crippen molar-refractivity contribution in [1.82, 2.24) is 4.72 Å². The van der Waals surface area contributed by atoms with Gasteiger partial charge in [0.1, 0.15) is 5.82 Å². The van der Waals surface area contributed by atoms with E-state index >= 15 is 0 Å². The molecule has 0 spiro atoms. The second-order valence-electron chi connectivity index (χ2n) is 3.55. The van der Waals surface area contributed by atoms with Crippen molar-refractivity contribution in [3.63, 3.8) is 0 Å². The van der Waals surface area contributed by atoms with E-state index in [1.807, 2.05) is 0 Å². The molecule has 1 N–H and O–H groups in total. The molecule has 0 saturated carbocycles. The van der Waals surface area contributed by atoms with Gasteiger partial charge in [-0.2, -0.15) is 0 Å². The number of nitrogens with one attached hydrogen (secondary N) is 1. The van der Waals surface area contributed by atoms with Crippen molar-refractivity contribution in [2.45, 2.75) is 11.8 Å². The third-order valence-corrected chi connectivity index (χ3v) is 4.84. The van der Waals surface area contributed by atoms with Crippen LogP contribution in [0.15, 0.2) is 23.1 Å². The van der Waals surface area contributed by atoms with Crippen LogP contribution in [0.25, 0.3) is 0 Å². The summed E-state index contributed by atoms with van der Waals surface area (Å²) in [5.74, 6) is -1.07.